The van der Waals surface area contributed by atoms with E-state index in [1.165, 1.54) is 0 Å². The molecular formula is C10H18N2O2. The van der Waals surface area contributed by atoms with Crippen molar-refractivity contribution in [1.82, 2.24) is 10.6 Å². The topological polar surface area (TPSA) is 50.4 Å². The number of amides is 1. The standard InChI is InChI=1S/C10H18N2O2/c1-7-3-5-14-9(7)10(13)12-8-2-4-11-6-8/h7-9,11H,2-6H2,1H3,(H,12,13)/t7?,8-,9?/m0/s1. The number of ether oxygens (including phenoxy) is 1. The third kappa shape index (κ3) is 2.07. The molecule has 80 valence electrons. The van der Waals surface area contributed by atoms with Gasteiger partial charge in [0.1, 0.15) is 6.10 Å². The Morgan fingerprint density at radius 2 is 2.36 bits per heavy atom. The van der Waals surface area contributed by atoms with E-state index < -0.39 is 0 Å². The van der Waals surface area contributed by atoms with E-state index in [1.54, 1.807) is 0 Å². The number of hydrogen-bond acceptors (Lipinski definition) is 3. The van der Waals surface area contributed by atoms with Crippen LogP contribution in [0, 0.1) is 5.92 Å². The van der Waals surface area contributed by atoms with Crippen LogP contribution in [0.4, 0.5) is 0 Å². The van der Waals surface area contributed by atoms with Crippen molar-refractivity contribution in [2.75, 3.05) is 19.7 Å². The Bertz CT molecular complexity index is 214. The Balaban J connectivity index is 1.82. The van der Waals surface area contributed by atoms with Crippen LogP contribution in [0.3, 0.4) is 0 Å². The van der Waals surface area contributed by atoms with Gasteiger partial charge in [0.2, 0.25) is 5.91 Å². The van der Waals surface area contributed by atoms with E-state index in [9.17, 15) is 4.79 Å². The molecule has 0 aromatic carbocycles. The third-order valence-electron chi connectivity index (χ3n) is 3.05. The van der Waals surface area contributed by atoms with Crippen molar-refractivity contribution in [3.05, 3.63) is 0 Å². The summed E-state index contributed by atoms with van der Waals surface area (Å²) in [5, 5.41) is 6.25. The number of nitrogens with one attached hydrogen (secondary N) is 2. The predicted molar refractivity (Wildman–Crippen MR) is 52.9 cm³/mol. The number of rotatable bonds is 2. The molecule has 2 saturated heterocycles. The Morgan fingerprint density at radius 3 is 2.93 bits per heavy atom. The van der Waals surface area contributed by atoms with Crippen molar-refractivity contribution in [2.45, 2.75) is 31.9 Å². The lowest BCUT2D eigenvalue weighted by atomic mass is 10.0. The second-order valence-electron chi connectivity index (χ2n) is 4.26. The molecule has 2 aliphatic heterocycles. The first-order valence-electron chi connectivity index (χ1n) is 5.40. The molecule has 0 saturated carbocycles. The molecule has 0 aromatic rings. The molecule has 0 spiro atoms. The van der Waals surface area contributed by atoms with Crippen molar-refractivity contribution >= 4 is 5.91 Å². The van der Waals surface area contributed by atoms with Gasteiger partial charge in [-0.05, 0) is 25.3 Å². The highest BCUT2D eigenvalue weighted by molar-refractivity contribution is 5.81. The van der Waals surface area contributed by atoms with E-state index in [-0.39, 0.29) is 12.0 Å². The van der Waals surface area contributed by atoms with Crippen LogP contribution in [0.15, 0.2) is 0 Å². The van der Waals surface area contributed by atoms with Gasteiger partial charge in [-0.15, -0.1) is 0 Å². The van der Waals surface area contributed by atoms with E-state index in [0.29, 0.717) is 12.0 Å². The maximum absolute atomic E-state index is 11.7. The molecule has 0 bridgehead atoms. The summed E-state index contributed by atoms with van der Waals surface area (Å²) in [7, 11) is 0. The van der Waals surface area contributed by atoms with Crippen molar-refractivity contribution in [1.29, 1.82) is 0 Å². The number of carbonyl (C=O) groups excluding carboxylic acids is 1. The van der Waals surface area contributed by atoms with Crippen LogP contribution < -0.4 is 10.6 Å². The maximum Gasteiger partial charge on any atom is 0.249 e. The predicted octanol–water partition coefficient (Wildman–Crippen LogP) is -0.110. The Morgan fingerprint density at radius 1 is 1.50 bits per heavy atom. The summed E-state index contributed by atoms with van der Waals surface area (Å²) in [6.45, 7) is 4.70. The number of hydrogen-bond donors (Lipinski definition) is 2. The van der Waals surface area contributed by atoms with Gasteiger partial charge < -0.3 is 15.4 Å². The van der Waals surface area contributed by atoms with E-state index in [4.69, 9.17) is 4.74 Å². The van der Waals surface area contributed by atoms with E-state index in [0.717, 1.165) is 32.5 Å². The quantitative estimate of drug-likeness (QED) is 0.651. The Kier molecular flexibility index (Phi) is 3.03. The normalized spacial score (nSPS) is 37.4. The SMILES string of the molecule is CC1CCOC1C(=O)N[C@H]1CCNC1. The maximum atomic E-state index is 11.7. The summed E-state index contributed by atoms with van der Waals surface area (Å²) < 4.78 is 5.40. The molecule has 2 aliphatic rings. The highest BCUT2D eigenvalue weighted by atomic mass is 16.5. The van der Waals surface area contributed by atoms with Gasteiger partial charge in [0.25, 0.3) is 0 Å². The molecule has 2 heterocycles. The van der Waals surface area contributed by atoms with Crippen LogP contribution in [-0.2, 0) is 9.53 Å². The monoisotopic (exact) mass is 198 g/mol. The summed E-state index contributed by atoms with van der Waals surface area (Å²) in [5.74, 6) is 0.438. The van der Waals surface area contributed by atoms with Crippen molar-refractivity contribution in [3.63, 3.8) is 0 Å². The zero-order valence-corrected chi connectivity index (χ0v) is 8.58. The summed E-state index contributed by atoms with van der Waals surface area (Å²) in [6.07, 6.45) is 1.82. The molecule has 2 N–H and O–H groups in total. The van der Waals surface area contributed by atoms with Crippen LogP contribution in [0.5, 0.6) is 0 Å². The van der Waals surface area contributed by atoms with Crippen molar-refractivity contribution < 1.29 is 9.53 Å². The molecule has 0 aliphatic carbocycles. The first kappa shape index (κ1) is 9.93. The second kappa shape index (κ2) is 4.28. The molecule has 0 aromatic heterocycles. The average Bonchev–Trinajstić information content (AvgIpc) is 2.75. The zero-order valence-electron chi connectivity index (χ0n) is 8.58. The van der Waals surface area contributed by atoms with Crippen LogP contribution in [-0.4, -0.2) is 37.7 Å². The van der Waals surface area contributed by atoms with Gasteiger partial charge in [-0.25, -0.2) is 0 Å². The third-order valence-corrected chi connectivity index (χ3v) is 3.05. The van der Waals surface area contributed by atoms with Gasteiger partial charge >= 0.3 is 0 Å². The molecule has 0 radical (unpaired) electrons. The molecule has 14 heavy (non-hydrogen) atoms. The van der Waals surface area contributed by atoms with E-state index in [2.05, 4.69) is 17.6 Å². The molecule has 1 amide bonds. The number of carbonyl (C=O) groups is 1. The van der Waals surface area contributed by atoms with Gasteiger partial charge in [0.05, 0.1) is 0 Å². The van der Waals surface area contributed by atoms with Crippen LogP contribution in [0.1, 0.15) is 19.8 Å². The van der Waals surface area contributed by atoms with Gasteiger partial charge in [0.15, 0.2) is 0 Å². The van der Waals surface area contributed by atoms with Gasteiger partial charge in [0, 0.05) is 19.2 Å². The Hall–Kier alpha value is -0.610. The summed E-state index contributed by atoms with van der Waals surface area (Å²) >= 11 is 0. The highest BCUT2D eigenvalue weighted by Gasteiger charge is 2.32. The molecule has 2 rings (SSSR count). The molecule has 4 heteroatoms. The molecule has 2 unspecified atom stereocenters. The lowest BCUT2D eigenvalue weighted by Gasteiger charge is -2.17. The van der Waals surface area contributed by atoms with Crippen LogP contribution >= 0.6 is 0 Å². The summed E-state index contributed by atoms with van der Waals surface area (Å²) in [5.41, 5.74) is 0. The van der Waals surface area contributed by atoms with Gasteiger partial charge in [-0.3, -0.25) is 4.79 Å². The minimum absolute atomic E-state index is 0.0729. The zero-order chi connectivity index (χ0) is 9.97. The van der Waals surface area contributed by atoms with Crippen molar-refractivity contribution in [2.24, 2.45) is 5.92 Å². The molecular weight excluding hydrogens is 180 g/mol. The highest BCUT2D eigenvalue weighted by Crippen LogP contribution is 2.20. The lowest BCUT2D eigenvalue weighted by Crippen LogP contribution is -2.43. The summed E-state index contributed by atoms with van der Waals surface area (Å²) in [6, 6.07) is 0.305. The van der Waals surface area contributed by atoms with E-state index in [1.807, 2.05) is 0 Å². The second-order valence-corrected chi connectivity index (χ2v) is 4.26. The molecule has 3 atom stereocenters. The fourth-order valence-electron chi connectivity index (χ4n) is 2.09. The van der Waals surface area contributed by atoms with Gasteiger partial charge in [-0.1, -0.05) is 6.92 Å². The lowest BCUT2D eigenvalue weighted by molar-refractivity contribution is -0.132. The molecule has 2 fully saturated rings. The molecule has 4 nitrogen and oxygen atoms in total. The first-order chi connectivity index (χ1) is 6.77. The fraction of sp³-hybridized carbons (Fsp3) is 0.900. The fourth-order valence-corrected chi connectivity index (χ4v) is 2.09. The largest absolute Gasteiger partial charge is 0.368 e. The Labute approximate surface area is 84.4 Å². The average molecular weight is 198 g/mol. The van der Waals surface area contributed by atoms with Crippen LogP contribution in [0.25, 0.3) is 0 Å². The van der Waals surface area contributed by atoms with Crippen molar-refractivity contribution in [3.8, 4) is 0 Å². The van der Waals surface area contributed by atoms with Gasteiger partial charge in [-0.2, -0.15) is 0 Å². The minimum atomic E-state index is -0.212. The first-order valence-corrected chi connectivity index (χ1v) is 5.40. The smallest absolute Gasteiger partial charge is 0.249 e. The van der Waals surface area contributed by atoms with Crippen LogP contribution in [0.2, 0.25) is 0 Å². The van der Waals surface area contributed by atoms with E-state index >= 15 is 0 Å². The summed E-state index contributed by atoms with van der Waals surface area (Å²) in [4.78, 5) is 11.7. The minimum Gasteiger partial charge on any atom is -0.368 e.